The number of rotatable bonds is 6. The summed E-state index contributed by atoms with van der Waals surface area (Å²) < 4.78 is 4.60. The summed E-state index contributed by atoms with van der Waals surface area (Å²) in [5.41, 5.74) is 0. The van der Waals surface area contributed by atoms with Crippen molar-refractivity contribution in [3.8, 4) is 0 Å². The van der Waals surface area contributed by atoms with Gasteiger partial charge in [0, 0.05) is 22.7 Å². The van der Waals surface area contributed by atoms with E-state index >= 15 is 0 Å². The largest absolute Gasteiger partial charge is 0.469 e. The molecule has 0 saturated heterocycles. The van der Waals surface area contributed by atoms with Crippen LogP contribution >= 0.6 is 11.3 Å². The third-order valence-corrected chi connectivity index (χ3v) is 3.36. The van der Waals surface area contributed by atoms with Gasteiger partial charge >= 0.3 is 5.97 Å². The molecule has 0 bridgehead atoms. The fourth-order valence-corrected chi connectivity index (χ4v) is 2.48. The monoisotopic (exact) mass is 241 g/mol. The fourth-order valence-electron chi connectivity index (χ4n) is 1.51. The molecule has 0 spiro atoms. The highest BCUT2D eigenvalue weighted by Crippen LogP contribution is 2.16. The summed E-state index contributed by atoms with van der Waals surface area (Å²) in [6, 6.07) is 4.30. The van der Waals surface area contributed by atoms with E-state index in [0.717, 1.165) is 19.5 Å². The van der Waals surface area contributed by atoms with Gasteiger partial charge in [-0.2, -0.15) is 0 Å². The van der Waals surface area contributed by atoms with Gasteiger partial charge in [0.15, 0.2) is 0 Å². The van der Waals surface area contributed by atoms with E-state index < -0.39 is 0 Å². The Kier molecular flexibility index (Phi) is 5.49. The van der Waals surface area contributed by atoms with Crippen LogP contribution in [0.5, 0.6) is 0 Å². The lowest BCUT2D eigenvalue weighted by Crippen LogP contribution is -2.19. The van der Waals surface area contributed by atoms with Gasteiger partial charge in [-0.15, -0.1) is 11.3 Å². The van der Waals surface area contributed by atoms with E-state index in [-0.39, 0.29) is 5.97 Å². The third-order valence-electron chi connectivity index (χ3n) is 2.37. The van der Waals surface area contributed by atoms with Crippen LogP contribution in [0.3, 0.4) is 0 Å². The zero-order valence-corrected chi connectivity index (χ0v) is 11.0. The first-order chi connectivity index (χ1) is 7.61. The van der Waals surface area contributed by atoms with Crippen LogP contribution < -0.4 is 0 Å². The highest BCUT2D eigenvalue weighted by molar-refractivity contribution is 7.11. The van der Waals surface area contributed by atoms with Crippen LogP contribution in [0.4, 0.5) is 0 Å². The lowest BCUT2D eigenvalue weighted by molar-refractivity contribution is -0.140. The number of methoxy groups -OCH3 is 1. The lowest BCUT2D eigenvalue weighted by atomic mass is 10.3. The maximum absolute atomic E-state index is 10.9. The molecule has 4 heteroatoms. The molecule has 1 aromatic heterocycles. The number of aryl methyl sites for hydroxylation is 1. The number of hydrogen-bond acceptors (Lipinski definition) is 4. The van der Waals surface area contributed by atoms with Crippen LogP contribution in [-0.2, 0) is 16.1 Å². The minimum atomic E-state index is -0.125. The van der Waals surface area contributed by atoms with Gasteiger partial charge in [0.1, 0.15) is 0 Å². The first-order valence-corrected chi connectivity index (χ1v) is 6.24. The first-order valence-electron chi connectivity index (χ1n) is 5.42. The molecule has 0 saturated carbocycles. The molecule has 1 heterocycles. The quantitative estimate of drug-likeness (QED) is 0.716. The molecule has 0 aliphatic rings. The number of thiophene rings is 1. The van der Waals surface area contributed by atoms with Crippen molar-refractivity contribution in [3.05, 3.63) is 21.9 Å². The topological polar surface area (TPSA) is 29.5 Å². The third kappa shape index (κ3) is 4.77. The summed E-state index contributed by atoms with van der Waals surface area (Å²) in [6.45, 7) is 4.00. The minimum absolute atomic E-state index is 0.125. The van der Waals surface area contributed by atoms with E-state index in [9.17, 15) is 4.79 Å². The number of nitrogens with zero attached hydrogens (tertiary/aromatic N) is 1. The molecule has 1 rings (SSSR count). The first kappa shape index (κ1) is 13.2. The molecule has 0 atom stereocenters. The fraction of sp³-hybridized carbons (Fsp3) is 0.583. The van der Waals surface area contributed by atoms with Gasteiger partial charge in [-0.1, -0.05) is 0 Å². The van der Waals surface area contributed by atoms with Crippen molar-refractivity contribution >= 4 is 17.3 Å². The van der Waals surface area contributed by atoms with Crippen LogP contribution in [0.25, 0.3) is 0 Å². The Balaban J connectivity index is 2.20. The van der Waals surface area contributed by atoms with Crippen molar-refractivity contribution in [3.63, 3.8) is 0 Å². The molecule has 3 nitrogen and oxygen atoms in total. The van der Waals surface area contributed by atoms with Crippen LogP contribution in [0.2, 0.25) is 0 Å². The van der Waals surface area contributed by atoms with Crippen molar-refractivity contribution in [2.45, 2.75) is 26.3 Å². The average molecular weight is 241 g/mol. The highest BCUT2D eigenvalue weighted by Gasteiger charge is 2.04. The number of esters is 1. The van der Waals surface area contributed by atoms with Crippen molar-refractivity contribution < 1.29 is 9.53 Å². The van der Waals surface area contributed by atoms with Crippen LogP contribution in [0.1, 0.15) is 22.6 Å². The Morgan fingerprint density at radius 1 is 1.50 bits per heavy atom. The predicted octanol–water partition coefficient (Wildman–Crippen LogP) is 2.44. The van der Waals surface area contributed by atoms with E-state index in [0.29, 0.717) is 6.42 Å². The highest BCUT2D eigenvalue weighted by atomic mass is 32.1. The predicted molar refractivity (Wildman–Crippen MR) is 66.6 cm³/mol. The summed E-state index contributed by atoms with van der Waals surface area (Å²) in [5.74, 6) is -0.125. The molecule has 90 valence electrons. The van der Waals surface area contributed by atoms with Gasteiger partial charge in [-0.05, 0) is 39.1 Å². The zero-order valence-electron chi connectivity index (χ0n) is 10.2. The Hall–Kier alpha value is -0.870. The van der Waals surface area contributed by atoms with Gasteiger partial charge in [0.05, 0.1) is 7.11 Å². The molecule has 0 unspecified atom stereocenters. The molecule has 0 aliphatic heterocycles. The standard InChI is InChI=1S/C12H19NO2S/c1-10-6-7-11(16-10)9-13(2)8-4-5-12(14)15-3/h6-7H,4-5,8-9H2,1-3H3. The van der Waals surface area contributed by atoms with Crippen LogP contribution in [-0.4, -0.2) is 31.6 Å². The number of hydrogen-bond donors (Lipinski definition) is 0. The minimum Gasteiger partial charge on any atom is -0.469 e. The summed E-state index contributed by atoms with van der Waals surface area (Å²) in [5, 5.41) is 0. The normalized spacial score (nSPS) is 10.8. The summed E-state index contributed by atoms with van der Waals surface area (Å²) in [6.07, 6.45) is 1.36. The Labute approximate surface area is 101 Å². The second-order valence-electron chi connectivity index (χ2n) is 3.93. The van der Waals surface area contributed by atoms with E-state index in [2.05, 4.69) is 35.7 Å². The smallest absolute Gasteiger partial charge is 0.305 e. The second kappa shape index (κ2) is 6.66. The molecule has 16 heavy (non-hydrogen) atoms. The van der Waals surface area contributed by atoms with Crippen molar-refractivity contribution in [1.82, 2.24) is 4.90 Å². The summed E-state index contributed by atoms with van der Waals surface area (Å²) >= 11 is 1.83. The molecule has 0 aromatic carbocycles. The van der Waals surface area contributed by atoms with Crippen LogP contribution in [0.15, 0.2) is 12.1 Å². The van der Waals surface area contributed by atoms with Crippen LogP contribution in [0, 0.1) is 6.92 Å². The molecule has 0 N–H and O–H groups in total. The Morgan fingerprint density at radius 3 is 2.81 bits per heavy atom. The molecule has 0 amide bonds. The molecule has 0 fully saturated rings. The second-order valence-corrected chi connectivity index (χ2v) is 5.30. The van der Waals surface area contributed by atoms with E-state index in [1.165, 1.54) is 16.9 Å². The van der Waals surface area contributed by atoms with E-state index in [1.807, 2.05) is 11.3 Å². The SMILES string of the molecule is COC(=O)CCCN(C)Cc1ccc(C)s1. The van der Waals surface area contributed by atoms with Gasteiger partial charge in [-0.3, -0.25) is 4.79 Å². The van der Waals surface area contributed by atoms with Crippen molar-refractivity contribution in [2.24, 2.45) is 0 Å². The average Bonchev–Trinajstić information content (AvgIpc) is 2.63. The van der Waals surface area contributed by atoms with Crippen molar-refractivity contribution in [2.75, 3.05) is 20.7 Å². The zero-order chi connectivity index (χ0) is 12.0. The number of ether oxygens (including phenoxy) is 1. The number of carbonyl (C=O) groups is 1. The number of carbonyl (C=O) groups excluding carboxylic acids is 1. The maximum Gasteiger partial charge on any atom is 0.305 e. The summed E-state index contributed by atoms with van der Waals surface area (Å²) in [4.78, 5) is 15.9. The molecule has 0 aliphatic carbocycles. The van der Waals surface area contributed by atoms with Crippen molar-refractivity contribution in [1.29, 1.82) is 0 Å². The molecular weight excluding hydrogens is 222 g/mol. The molecular formula is C12H19NO2S. The van der Waals surface area contributed by atoms with Gasteiger partial charge in [-0.25, -0.2) is 0 Å². The Morgan fingerprint density at radius 2 is 2.25 bits per heavy atom. The molecule has 0 radical (unpaired) electrons. The van der Waals surface area contributed by atoms with E-state index in [4.69, 9.17) is 0 Å². The summed E-state index contributed by atoms with van der Waals surface area (Å²) in [7, 11) is 3.51. The van der Waals surface area contributed by atoms with Gasteiger partial charge in [0.2, 0.25) is 0 Å². The van der Waals surface area contributed by atoms with Gasteiger partial charge < -0.3 is 9.64 Å². The Bertz CT molecular complexity index is 336. The molecule has 1 aromatic rings. The van der Waals surface area contributed by atoms with E-state index in [1.54, 1.807) is 0 Å². The van der Waals surface area contributed by atoms with Gasteiger partial charge in [0.25, 0.3) is 0 Å². The lowest BCUT2D eigenvalue weighted by Gasteiger charge is -2.14. The maximum atomic E-state index is 10.9.